The van der Waals surface area contributed by atoms with Gasteiger partial charge in [-0.25, -0.2) is 4.39 Å². The number of nitrogens with zero attached hydrogens (tertiary/aromatic N) is 4. The highest BCUT2D eigenvalue weighted by molar-refractivity contribution is 7.13. The zero-order valence-corrected chi connectivity index (χ0v) is 19.0. The van der Waals surface area contributed by atoms with Gasteiger partial charge in [0.2, 0.25) is 5.01 Å². The van der Waals surface area contributed by atoms with E-state index in [-0.39, 0.29) is 23.2 Å². The van der Waals surface area contributed by atoms with E-state index in [0.29, 0.717) is 16.3 Å². The number of likely N-dealkylation sites (N-methyl/N-ethyl adjacent to an activating group) is 1. The van der Waals surface area contributed by atoms with Crippen molar-refractivity contribution in [2.24, 2.45) is 0 Å². The van der Waals surface area contributed by atoms with Crippen molar-refractivity contribution in [1.29, 1.82) is 0 Å². The molecule has 2 amide bonds. The summed E-state index contributed by atoms with van der Waals surface area (Å²) in [5, 5.41) is 10.9. The zero-order valence-electron chi connectivity index (χ0n) is 18.2. The summed E-state index contributed by atoms with van der Waals surface area (Å²) in [6.07, 6.45) is 0. The Morgan fingerprint density at radius 2 is 1.79 bits per heavy atom. The minimum atomic E-state index is -0.536. The summed E-state index contributed by atoms with van der Waals surface area (Å²) < 4.78 is 19.4. The molecule has 0 unspecified atom stereocenters. The molecule has 0 radical (unpaired) electrons. The van der Waals surface area contributed by atoms with Crippen molar-refractivity contribution in [3.8, 4) is 5.75 Å². The van der Waals surface area contributed by atoms with Crippen LogP contribution in [0.15, 0.2) is 48.5 Å². The van der Waals surface area contributed by atoms with E-state index in [0.717, 1.165) is 44.1 Å². The van der Waals surface area contributed by atoms with Gasteiger partial charge < -0.3 is 19.9 Å². The van der Waals surface area contributed by atoms with Crippen molar-refractivity contribution in [3.05, 3.63) is 69.9 Å². The summed E-state index contributed by atoms with van der Waals surface area (Å²) in [5.41, 5.74) is 0.702. The van der Waals surface area contributed by atoms with Crippen LogP contribution in [0.1, 0.15) is 32.1 Å². The molecule has 33 heavy (non-hydrogen) atoms. The molecule has 4 rings (SSSR count). The van der Waals surface area contributed by atoms with Gasteiger partial charge in [0.15, 0.2) is 5.01 Å². The lowest BCUT2D eigenvalue weighted by Gasteiger charge is -2.34. The van der Waals surface area contributed by atoms with Crippen molar-refractivity contribution in [1.82, 2.24) is 20.0 Å². The molecule has 8 nitrogen and oxygen atoms in total. The zero-order chi connectivity index (χ0) is 23.2. The Kier molecular flexibility index (Phi) is 7.26. The van der Waals surface area contributed by atoms with Crippen LogP contribution in [-0.2, 0) is 6.61 Å². The fraction of sp³-hybridized carbons (Fsp3) is 0.304. The molecule has 0 bridgehead atoms. The first-order valence-electron chi connectivity index (χ1n) is 10.7. The van der Waals surface area contributed by atoms with Crippen molar-refractivity contribution in [2.75, 3.05) is 38.0 Å². The summed E-state index contributed by atoms with van der Waals surface area (Å²) in [7, 11) is 0. The Hall–Kier alpha value is -3.37. The second-order valence-corrected chi connectivity index (χ2v) is 8.54. The first-order chi connectivity index (χ1) is 16.0. The maximum absolute atomic E-state index is 13.7. The Bertz CT molecular complexity index is 1110. The fourth-order valence-corrected chi connectivity index (χ4v) is 4.08. The number of hydrogen-bond acceptors (Lipinski definition) is 7. The second kappa shape index (κ2) is 10.5. The summed E-state index contributed by atoms with van der Waals surface area (Å²) in [6.45, 7) is 6.50. The molecule has 0 saturated carbocycles. The van der Waals surface area contributed by atoms with Gasteiger partial charge >= 0.3 is 0 Å². The molecule has 1 fully saturated rings. The molecular weight excluding hydrogens is 445 g/mol. The highest BCUT2D eigenvalue weighted by Gasteiger charge is 2.21. The van der Waals surface area contributed by atoms with E-state index in [1.807, 2.05) is 4.90 Å². The van der Waals surface area contributed by atoms with Gasteiger partial charge in [-0.2, -0.15) is 0 Å². The lowest BCUT2D eigenvalue weighted by molar-refractivity contribution is 0.0643. The number of piperazine rings is 1. The number of carbonyl (C=O) groups excluding carboxylic acids is 2. The Morgan fingerprint density at radius 3 is 2.48 bits per heavy atom. The number of carbonyl (C=O) groups is 2. The minimum Gasteiger partial charge on any atom is -0.486 e. The number of rotatable bonds is 7. The average Bonchev–Trinajstić information content (AvgIpc) is 3.33. The molecule has 1 aliphatic rings. The maximum atomic E-state index is 13.7. The van der Waals surface area contributed by atoms with Gasteiger partial charge in [0.1, 0.15) is 18.2 Å². The quantitative estimate of drug-likeness (QED) is 0.571. The molecule has 1 N–H and O–H groups in total. The SMILES string of the molecule is CCN1CCN(C(=O)c2ccc(OCc3nnc(C(=O)Nc4ccccc4F)s3)cc2)CC1. The fourth-order valence-electron chi connectivity index (χ4n) is 3.43. The average molecular weight is 470 g/mol. The van der Waals surface area contributed by atoms with Crippen LogP contribution in [0.25, 0.3) is 0 Å². The lowest BCUT2D eigenvalue weighted by atomic mass is 10.1. The van der Waals surface area contributed by atoms with E-state index in [9.17, 15) is 14.0 Å². The Labute approximate surface area is 195 Å². The standard InChI is InChI=1S/C23H24FN5O3S/c1-2-28-11-13-29(14-12-28)23(31)16-7-9-17(10-8-16)32-15-20-26-27-22(33-20)21(30)25-19-6-4-3-5-18(19)24/h3-10H,2,11-15H2,1H3,(H,25,30). The summed E-state index contributed by atoms with van der Waals surface area (Å²) in [5.74, 6) is -0.461. The highest BCUT2D eigenvalue weighted by Crippen LogP contribution is 2.19. The van der Waals surface area contributed by atoms with E-state index >= 15 is 0 Å². The summed E-state index contributed by atoms with van der Waals surface area (Å²) >= 11 is 1.07. The number of ether oxygens (including phenoxy) is 1. The molecule has 10 heteroatoms. The number of hydrogen-bond donors (Lipinski definition) is 1. The summed E-state index contributed by atoms with van der Waals surface area (Å²) in [4.78, 5) is 29.2. The van der Waals surface area contributed by atoms with Gasteiger partial charge in [-0.15, -0.1) is 10.2 Å². The van der Waals surface area contributed by atoms with E-state index in [1.165, 1.54) is 12.1 Å². The van der Waals surface area contributed by atoms with E-state index in [1.54, 1.807) is 36.4 Å². The molecule has 0 spiro atoms. The second-order valence-electron chi connectivity index (χ2n) is 7.47. The van der Waals surface area contributed by atoms with Gasteiger partial charge in [-0.3, -0.25) is 9.59 Å². The van der Waals surface area contributed by atoms with Crippen molar-refractivity contribution < 1.29 is 18.7 Å². The van der Waals surface area contributed by atoms with Crippen LogP contribution in [-0.4, -0.2) is 64.5 Å². The first-order valence-corrected chi connectivity index (χ1v) is 11.5. The Balaban J connectivity index is 1.29. The van der Waals surface area contributed by atoms with Crippen LogP contribution in [0.5, 0.6) is 5.75 Å². The molecule has 0 atom stereocenters. The van der Waals surface area contributed by atoms with Gasteiger partial charge in [0.05, 0.1) is 5.69 Å². The van der Waals surface area contributed by atoms with Gasteiger partial charge in [0.25, 0.3) is 11.8 Å². The first kappa shape index (κ1) is 22.8. The largest absolute Gasteiger partial charge is 0.486 e. The number of para-hydroxylation sites is 1. The summed E-state index contributed by atoms with van der Waals surface area (Å²) in [6, 6.07) is 12.9. The molecular formula is C23H24FN5O3S. The van der Waals surface area contributed by atoms with Crippen LogP contribution in [0.3, 0.4) is 0 Å². The molecule has 1 aliphatic heterocycles. The van der Waals surface area contributed by atoms with Gasteiger partial charge in [-0.05, 0) is 42.9 Å². The molecule has 1 saturated heterocycles. The number of aromatic nitrogens is 2. The van der Waals surface area contributed by atoms with Crippen LogP contribution in [0, 0.1) is 5.82 Å². The van der Waals surface area contributed by atoms with Crippen molar-refractivity contribution in [2.45, 2.75) is 13.5 Å². The predicted molar refractivity (Wildman–Crippen MR) is 123 cm³/mol. The maximum Gasteiger partial charge on any atom is 0.286 e. The molecule has 2 heterocycles. The van der Waals surface area contributed by atoms with Gasteiger partial charge in [-0.1, -0.05) is 30.4 Å². The molecule has 2 aromatic carbocycles. The van der Waals surface area contributed by atoms with E-state index < -0.39 is 11.7 Å². The smallest absolute Gasteiger partial charge is 0.286 e. The topological polar surface area (TPSA) is 87.7 Å². The normalized spacial score (nSPS) is 14.2. The minimum absolute atomic E-state index is 0.0203. The molecule has 172 valence electrons. The monoisotopic (exact) mass is 469 g/mol. The Morgan fingerprint density at radius 1 is 1.06 bits per heavy atom. The molecule has 0 aliphatic carbocycles. The van der Waals surface area contributed by atoms with Crippen LogP contribution in [0.4, 0.5) is 10.1 Å². The predicted octanol–water partition coefficient (Wildman–Crippen LogP) is 3.29. The molecule has 1 aromatic heterocycles. The van der Waals surface area contributed by atoms with Crippen molar-refractivity contribution in [3.63, 3.8) is 0 Å². The number of nitrogens with one attached hydrogen (secondary N) is 1. The number of anilines is 1. The van der Waals surface area contributed by atoms with Crippen LogP contribution in [0.2, 0.25) is 0 Å². The van der Waals surface area contributed by atoms with Crippen LogP contribution >= 0.6 is 11.3 Å². The van der Waals surface area contributed by atoms with Gasteiger partial charge in [0, 0.05) is 31.7 Å². The lowest BCUT2D eigenvalue weighted by Crippen LogP contribution is -2.48. The third-order valence-corrected chi connectivity index (χ3v) is 6.25. The molecule has 3 aromatic rings. The third kappa shape index (κ3) is 5.71. The third-order valence-electron chi connectivity index (χ3n) is 5.35. The van der Waals surface area contributed by atoms with Crippen LogP contribution < -0.4 is 10.1 Å². The van der Waals surface area contributed by atoms with E-state index in [4.69, 9.17) is 4.74 Å². The highest BCUT2D eigenvalue weighted by atomic mass is 32.1. The number of benzene rings is 2. The number of amides is 2. The number of halogens is 1. The van der Waals surface area contributed by atoms with Crippen molar-refractivity contribution >= 4 is 28.8 Å². The van der Waals surface area contributed by atoms with E-state index in [2.05, 4.69) is 27.3 Å².